The van der Waals surface area contributed by atoms with Crippen molar-refractivity contribution in [2.75, 3.05) is 26.7 Å². The molecule has 1 aromatic carbocycles. The normalized spacial score (nSPS) is 21.6. The van der Waals surface area contributed by atoms with Crippen LogP contribution in [0, 0.1) is 12.8 Å². The third-order valence-corrected chi connectivity index (χ3v) is 8.02. The highest BCUT2D eigenvalue weighted by Gasteiger charge is 2.33. The first kappa shape index (κ1) is 24.3. The van der Waals surface area contributed by atoms with E-state index in [0.29, 0.717) is 24.1 Å². The molecule has 0 saturated carbocycles. The van der Waals surface area contributed by atoms with E-state index in [-0.39, 0.29) is 11.4 Å². The van der Waals surface area contributed by atoms with Gasteiger partial charge in [0.25, 0.3) is 0 Å². The second kappa shape index (κ2) is 11.1. The molecule has 1 N–H and O–H groups in total. The molecule has 182 valence electrons. The minimum absolute atomic E-state index is 0.218. The Labute approximate surface area is 198 Å². The van der Waals surface area contributed by atoms with Gasteiger partial charge >= 0.3 is 5.63 Å². The van der Waals surface area contributed by atoms with Crippen LogP contribution in [-0.2, 0) is 13.0 Å². The van der Waals surface area contributed by atoms with Crippen LogP contribution in [0.25, 0.3) is 11.0 Å². The lowest BCUT2D eigenvalue weighted by atomic mass is 9.83. The molecule has 0 unspecified atom stereocenters. The van der Waals surface area contributed by atoms with Crippen LogP contribution in [0.1, 0.15) is 81.4 Å². The molecule has 0 radical (unpaired) electrons. The number of rotatable bonds is 9. The fraction of sp³-hybridized carbons (Fsp3) is 0.679. The van der Waals surface area contributed by atoms with E-state index in [1.165, 1.54) is 58.0 Å². The van der Waals surface area contributed by atoms with Gasteiger partial charge in [0.2, 0.25) is 0 Å². The van der Waals surface area contributed by atoms with E-state index in [1.807, 2.05) is 13.0 Å². The van der Waals surface area contributed by atoms with Crippen molar-refractivity contribution in [2.45, 2.75) is 90.6 Å². The summed E-state index contributed by atoms with van der Waals surface area (Å²) < 4.78 is 5.87. The zero-order valence-corrected chi connectivity index (χ0v) is 20.9. The molecule has 2 aliphatic heterocycles. The summed E-state index contributed by atoms with van der Waals surface area (Å²) in [7, 11) is 2.13. The molecule has 3 heterocycles. The van der Waals surface area contributed by atoms with Gasteiger partial charge in [0.1, 0.15) is 11.3 Å². The van der Waals surface area contributed by atoms with Gasteiger partial charge in [0, 0.05) is 30.1 Å². The van der Waals surface area contributed by atoms with Crippen molar-refractivity contribution < 1.29 is 9.52 Å². The number of piperidine rings is 2. The maximum atomic E-state index is 12.9. The molecule has 5 nitrogen and oxygen atoms in total. The molecule has 4 rings (SSSR count). The number of fused-ring (bicyclic) bond motifs is 2. The summed E-state index contributed by atoms with van der Waals surface area (Å²) in [6.45, 7) is 8.32. The molecule has 0 bridgehead atoms. The van der Waals surface area contributed by atoms with Crippen molar-refractivity contribution in [3.63, 3.8) is 0 Å². The number of unbranched alkanes of at least 4 members (excludes halogenated alkanes) is 3. The second-order valence-electron chi connectivity index (χ2n) is 10.4. The van der Waals surface area contributed by atoms with Crippen LogP contribution in [0.15, 0.2) is 21.3 Å². The summed E-state index contributed by atoms with van der Waals surface area (Å²) in [4.78, 5) is 17.9. The van der Waals surface area contributed by atoms with E-state index in [2.05, 4.69) is 23.8 Å². The van der Waals surface area contributed by atoms with E-state index in [9.17, 15) is 9.90 Å². The first-order chi connectivity index (χ1) is 16.0. The highest BCUT2D eigenvalue weighted by molar-refractivity contribution is 5.85. The fourth-order valence-corrected chi connectivity index (χ4v) is 6.20. The van der Waals surface area contributed by atoms with Crippen LogP contribution in [0.2, 0.25) is 0 Å². The molecular formula is C28H42N2O3. The van der Waals surface area contributed by atoms with Gasteiger partial charge in [-0.25, -0.2) is 4.79 Å². The number of hydrogen-bond acceptors (Lipinski definition) is 5. The number of phenolic OH excluding ortho intramolecular Hbond substituents is 1. The van der Waals surface area contributed by atoms with Crippen molar-refractivity contribution in [2.24, 2.45) is 5.92 Å². The Morgan fingerprint density at radius 3 is 2.73 bits per heavy atom. The predicted octanol–water partition coefficient (Wildman–Crippen LogP) is 5.63. The maximum absolute atomic E-state index is 12.9. The topological polar surface area (TPSA) is 56.9 Å². The van der Waals surface area contributed by atoms with Crippen LogP contribution in [0.4, 0.5) is 0 Å². The molecule has 2 fully saturated rings. The number of phenols is 1. The van der Waals surface area contributed by atoms with Crippen molar-refractivity contribution in [1.29, 1.82) is 0 Å². The Morgan fingerprint density at radius 2 is 1.91 bits per heavy atom. The quantitative estimate of drug-likeness (QED) is 0.393. The van der Waals surface area contributed by atoms with E-state index < -0.39 is 0 Å². The predicted molar refractivity (Wildman–Crippen MR) is 135 cm³/mol. The molecule has 0 spiro atoms. The third-order valence-electron chi connectivity index (χ3n) is 8.02. The molecule has 5 heteroatoms. The van der Waals surface area contributed by atoms with Crippen LogP contribution < -0.4 is 5.63 Å². The Bertz CT molecular complexity index is 997. The minimum atomic E-state index is -0.240. The molecule has 2 aromatic rings. The van der Waals surface area contributed by atoms with E-state index >= 15 is 0 Å². The van der Waals surface area contributed by atoms with Gasteiger partial charge < -0.3 is 19.3 Å². The van der Waals surface area contributed by atoms with Gasteiger partial charge in [-0.05, 0) is 89.2 Å². The van der Waals surface area contributed by atoms with Gasteiger partial charge in [-0.1, -0.05) is 32.6 Å². The highest BCUT2D eigenvalue weighted by Crippen LogP contribution is 2.33. The van der Waals surface area contributed by atoms with Gasteiger partial charge in [-0.3, -0.25) is 0 Å². The number of aryl methyl sites for hydroxylation is 1. The van der Waals surface area contributed by atoms with Crippen molar-refractivity contribution >= 4 is 11.0 Å². The second-order valence-corrected chi connectivity index (χ2v) is 10.4. The maximum Gasteiger partial charge on any atom is 0.339 e. The SMILES string of the molecule is CCCCCCc1c(C)c2ccc(O)c(CN(C)C[C@@H]3CCCN4CCCC[C@H]34)c2oc1=O. The Morgan fingerprint density at radius 1 is 1.09 bits per heavy atom. The van der Waals surface area contributed by atoms with Crippen LogP contribution >= 0.6 is 0 Å². The number of nitrogens with zero attached hydrogens (tertiary/aromatic N) is 2. The van der Waals surface area contributed by atoms with Gasteiger partial charge in [-0.15, -0.1) is 0 Å². The lowest BCUT2D eigenvalue weighted by molar-refractivity contribution is 0.0434. The fourth-order valence-electron chi connectivity index (χ4n) is 6.20. The average Bonchev–Trinajstić information content (AvgIpc) is 2.81. The van der Waals surface area contributed by atoms with E-state index in [4.69, 9.17) is 4.42 Å². The summed E-state index contributed by atoms with van der Waals surface area (Å²) in [6.07, 6.45) is 11.8. The van der Waals surface area contributed by atoms with E-state index in [1.54, 1.807) is 6.07 Å². The first-order valence-electron chi connectivity index (χ1n) is 13.2. The van der Waals surface area contributed by atoms with Gasteiger partial charge in [0.05, 0.1) is 5.56 Å². The minimum Gasteiger partial charge on any atom is -0.507 e. The lowest BCUT2D eigenvalue weighted by Crippen LogP contribution is -2.50. The highest BCUT2D eigenvalue weighted by atomic mass is 16.4. The number of hydrogen-bond donors (Lipinski definition) is 1. The van der Waals surface area contributed by atoms with Crippen molar-refractivity contribution in [3.05, 3.63) is 39.2 Å². The molecule has 0 amide bonds. The summed E-state index contributed by atoms with van der Waals surface area (Å²) >= 11 is 0. The van der Waals surface area contributed by atoms with Crippen LogP contribution in [0.3, 0.4) is 0 Å². The summed E-state index contributed by atoms with van der Waals surface area (Å²) in [6, 6.07) is 4.37. The largest absolute Gasteiger partial charge is 0.507 e. The molecule has 1 aromatic heterocycles. The Hall–Kier alpha value is -1.85. The zero-order chi connectivity index (χ0) is 23.4. The monoisotopic (exact) mass is 454 g/mol. The Balaban J connectivity index is 1.53. The summed E-state index contributed by atoms with van der Waals surface area (Å²) in [5.74, 6) is 0.889. The molecular weight excluding hydrogens is 412 g/mol. The standard InChI is InChI=1S/C28H42N2O3/c1-4-5-6-7-12-23-20(2)22-14-15-26(31)24(27(22)33-28(23)32)19-29(3)18-21-11-10-17-30-16-9-8-13-25(21)30/h14-15,21,25,31H,4-13,16-19H2,1-3H3/t21-,25+/m0/s1. The van der Waals surface area contributed by atoms with Crippen molar-refractivity contribution in [3.8, 4) is 5.75 Å². The number of benzene rings is 1. The molecule has 2 atom stereocenters. The zero-order valence-electron chi connectivity index (χ0n) is 20.9. The van der Waals surface area contributed by atoms with Crippen molar-refractivity contribution in [1.82, 2.24) is 9.80 Å². The average molecular weight is 455 g/mol. The molecule has 2 aliphatic rings. The van der Waals surface area contributed by atoms with Crippen LogP contribution in [-0.4, -0.2) is 47.6 Å². The smallest absolute Gasteiger partial charge is 0.339 e. The summed E-state index contributed by atoms with van der Waals surface area (Å²) in [5.41, 5.74) is 2.86. The lowest BCUT2D eigenvalue weighted by Gasteiger charge is -2.45. The van der Waals surface area contributed by atoms with E-state index in [0.717, 1.165) is 47.9 Å². The Kier molecular flexibility index (Phi) is 8.13. The molecule has 33 heavy (non-hydrogen) atoms. The van der Waals surface area contributed by atoms with Gasteiger partial charge in [-0.2, -0.15) is 0 Å². The summed E-state index contributed by atoms with van der Waals surface area (Å²) in [5, 5.41) is 11.7. The van der Waals surface area contributed by atoms with Crippen LogP contribution in [0.5, 0.6) is 5.75 Å². The van der Waals surface area contributed by atoms with Gasteiger partial charge in [0.15, 0.2) is 0 Å². The third kappa shape index (κ3) is 5.46. The molecule has 0 aliphatic carbocycles. The number of aromatic hydroxyl groups is 1. The first-order valence-corrected chi connectivity index (χ1v) is 13.2. The molecule has 2 saturated heterocycles.